The first-order chi connectivity index (χ1) is 21.1. The molecule has 232 valence electrons. The third kappa shape index (κ3) is 5.60. The van der Waals surface area contributed by atoms with E-state index in [9.17, 15) is 32.3 Å². The minimum absolute atomic E-state index is 0.130. The maximum Gasteiger partial charge on any atom is 0.416 e. The van der Waals surface area contributed by atoms with Gasteiger partial charge in [0.25, 0.3) is 5.91 Å². The van der Waals surface area contributed by atoms with E-state index in [0.29, 0.717) is 40.1 Å². The van der Waals surface area contributed by atoms with E-state index in [2.05, 4.69) is 4.98 Å². The fraction of sp³-hybridized carbons (Fsp3) is 0.400. The summed E-state index contributed by atoms with van der Waals surface area (Å²) in [5.74, 6) is -2.57. The van der Waals surface area contributed by atoms with Crippen molar-refractivity contribution in [3.8, 4) is 11.5 Å². The van der Waals surface area contributed by atoms with Crippen LogP contribution in [0.3, 0.4) is 0 Å². The third-order valence-electron chi connectivity index (χ3n) is 7.94. The number of nitrogens with zero attached hydrogens (tertiary/aromatic N) is 2. The Kier molecular flexibility index (Phi) is 8.22. The Hall–Kier alpha value is -3.78. The number of carbonyl (C=O) groups excluding carboxylic acids is 3. The molecule has 44 heavy (non-hydrogen) atoms. The molecule has 1 aromatic heterocycles. The predicted octanol–water partition coefficient (Wildman–Crippen LogP) is 5.04. The monoisotopic (exact) mass is 647 g/mol. The van der Waals surface area contributed by atoms with Gasteiger partial charge in [-0.25, -0.2) is 4.90 Å². The van der Waals surface area contributed by atoms with Gasteiger partial charge in [-0.2, -0.15) is 13.2 Å². The first-order valence-electron chi connectivity index (χ1n) is 14.2. The first kappa shape index (κ1) is 30.3. The molecule has 3 aliphatic rings. The number of amides is 3. The number of hydrogen-bond acceptors (Lipinski definition) is 8. The third-order valence-corrected chi connectivity index (χ3v) is 10.3. The van der Waals surface area contributed by atoms with Gasteiger partial charge in [0.2, 0.25) is 11.8 Å². The number of H-pyrrole nitrogens is 1. The zero-order valence-corrected chi connectivity index (χ0v) is 25.2. The number of piperidine rings is 1. The van der Waals surface area contributed by atoms with Crippen molar-refractivity contribution in [2.24, 2.45) is 5.92 Å². The number of ether oxygens (including phenoxy) is 2. The summed E-state index contributed by atoms with van der Waals surface area (Å²) < 4.78 is 52.1. The molecule has 0 aliphatic carbocycles. The summed E-state index contributed by atoms with van der Waals surface area (Å²) in [6.45, 7) is 3.26. The van der Waals surface area contributed by atoms with E-state index in [1.165, 1.54) is 6.07 Å². The predicted molar refractivity (Wildman–Crippen MR) is 157 cm³/mol. The number of fused-ring (bicyclic) bond motifs is 2. The van der Waals surface area contributed by atoms with Gasteiger partial charge < -0.3 is 19.4 Å². The number of thiazole rings is 1. The molecule has 14 heteroatoms. The van der Waals surface area contributed by atoms with E-state index < -0.39 is 40.6 Å². The average molecular weight is 648 g/mol. The quantitative estimate of drug-likeness (QED) is 0.358. The highest BCUT2D eigenvalue weighted by molar-refractivity contribution is 8.00. The van der Waals surface area contributed by atoms with Gasteiger partial charge in [-0.3, -0.25) is 19.2 Å². The van der Waals surface area contributed by atoms with Crippen molar-refractivity contribution >= 4 is 46.5 Å². The summed E-state index contributed by atoms with van der Waals surface area (Å²) in [7, 11) is 0. The molecule has 4 heterocycles. The molecule has 2 fully saturated rings. The average Bonchev–Trinajstić information content (AvgIpc) is 3.50. The number of halogens is 3. The van der Waals surface area contributed by atoms with Crippen molar-refractivity contribution in [2.45, 2.75) is 48.6 Å². The van der Waals surface area contributed by atoms with E-state index in [1.54, 1.807) is 30.0 Å². The highest BCUT2D eigenvalue weighted by atomic mass is 32.2. The zero-order chi connectivity index (χ0) is 31.2. The number of carbonyl (C=O) groups is 3. The van der Waals surface area contributed by atoms with E-state index in [-0.39, 0.29) is 29.7 Å². The summed E-state index contributed by atoms with van der Waals surface area (Å²) in [5.41, 5.74) is -0.589. The number of benzene rings is 2. The van der Waals surface area contributed by atoms with Crippen LogP contribution in [0, 0.1) is 5.92 Å². The molecule has 0 unspecified atom stereocenters. The number of rotatable bonds is 7. The Bertz CT molecular complexity index is 1670. The highest BCUT2D eigenvalue weighted by Gasteiger charge is 2.56. The van der Waals surface area contributed by atoms with Crippen LogP contribution in [0.2, 0.25) is 0 Å². The molecule has 0 bridgehead atoms. The number of aromatic amines is 1. The van der Waals surface area contributed by atoms with Crippen molar-refractivity contribution in [1.29, 1.82) is 0 Å². The molecule has 6 rings (SSSR count). The molecule has 0 saturated carbocycles. The topological polar surface area (TPSA) is 109 Å². The molecule has 9 nitrogen and oxygen atoms in total. The zero-order valence-electron chi connectivity index (χ0n) is 23.5. The fourth-order valence-corrected chi connectivity index (χ4v) is 8.45. The van der Waals surface area contributed by atoms with Gasteiger partial charge in [0.05, 0.1) is 28.8 Å². The van der Waals surface area contributed by atoms with Crippen LogP contribution in [0.25, 0.3) is 0 Å². The number of likely N-dealkylation sites (tertiary alicyclic amines) is 1. The van der Waals surface area contributed by atoms with Gasteiger partial charge in [-0.15, -0.1) is 0 Å². The molecule has 3 aromatic rings. The number of anilines is 1. The lowest BCUT2D eigenvalue weighted by Crippen LogP contribution is -2.38. The van der Waals surface area contributed by atoms with Crippen LogP contribution in [0.4, 0.5) is 18.9 Å². The maximum atomic E-state index is 13.9. The van der Waals surface area contributed by atoms with Crippen molar-refractivity contribution in [3.63, 3.8) is 0 Å². The number of alkyl halides is 3. The van der Waals surface area contributed by atoms with Crippen LogP contribution in [0.1, 0.15) is 48.1 Å². The van der Waals surface area contributed by atoms with Crippen molar-refractivity contribution in [3.05, 3.63) is 68.1 Å². The fourth-order valence-electron chi connectivity index (χ4n) is 5.93. The molecule has 2 saturated heterocycles. The van der Waals surface area contributed by atoms with Gasteiger partial charge >= 0.3 is 11.0 Å². The van der Waals surface area contributed by atoms with Crippen molar-refractivity contribution in [2.75, 3.05) is 31.2 Å². The first-order valence-corrected chi connectivity index (χ1v) is 15.9. The lowest BCUT2D eigenvalue weighted by Gasteiger charge is -2.30. The van der Waals surface area contributed by atoms with Crippen LogP contribution in [0.15, 0.2) is 52.3 Å². The summed E-state index contributed by atoms with van der Waals surface area (Å²) in [6.07, 6.45) is -1.67. The number of nitrogens with one attached hydrogen (secondary N) is 1. The van der Waals surface area contributed by atoms with Crippen LogP contribution < -0.4 is 19.2 Å². The molecule has 3 atom stereocenters. The number of aromatic nitrogens is 1. The second-order valence-electron chi connectivity index (χ2n) is 10.7. The second-order valence-corrected chi connectivity index (χ2v) is 12.8. The Morgan fingerprint density at radius 3 is 2.50 bits per heavy atom. The van der Waals surface area contributed by atoms with Gasteiger partial charge in [0.1, 0.15) is 5.25 Å². The lowest BCUT2D eigenvalue weighted by molar-refractivity contribution is -0.137. The molecule has 0 spiro atoms. The van der Waals surface area contributed by atoms with Gasteiger partial charge in [0, 0.05) is 23.9 Å². The van der Waals surface area contributed by atoms with E-state index in [1.807, 2.05) is 0 Å². The van der Waals surface area contributed by atoms with Gasteiger partial charge in [-0.05, 0) is 62.1 Å². The molecular formula is C30H28F3N3O6S2. The number of thioether (sulfide) groups is 1. The number of hydrogen-bond donors (Lipinski definition) is 1. The summed E-state index contributed by atoms with van der Waals surface area (Å²) in [4.78, 5) is 58.2. The van der Waals surface area contributed by atoms with E-state index in [4.69, 9.17) is 9.47 Å². The molecule has 2 aromatic carbocycles. The summed E-state index contributed by atoms with van der Waals surface area (Å²) >= 11 is 1.95. The molecule has 0 radical (unpaired) electrons. The summed E-state index contributed by atoms with van der Waals surface area (Å²) in [5, 5.41) is -0.544. The second kappa shape index (κ2) is 12.0. The van der Waals surface area contributed by atoms with Gasteiger partial charge in [-0.1, -0.05) is 35.2 Å². The Labute approximate surface area is 258 Å². The van der Waals surface area contributed by atoms with E-state index in [0.717, 1.165) is 65.5 Å². The molecule has 3 aliphatic heterocycles. The number of imide groups is 1. The Morgan fingerprint density at radius 2 is 1.77 bits per heavy atom. The normalized spacial score (nSPS) is 21.7. The van der Waals surface area contributed by atoms with Gasteiger partial charge in [0.15, 0.2) is 18.1 Å². The van der Waals surface area contributed by atoms with Crippen LogP contribution in [0.5, 0.6) is 11.5 Å². The minimum Gasteiger partial charge on any atom is -0.490 e. The highest BCUT2D eigenvalue weighted by Crippen LogP contribution is 2.54. The van der Waals surface area contributed by atoms with Crippen molar-refractivity contribution in [1.82, 2.24) is 9.88 Å². The SMILES string of the molecule is CCOc1cc([C@@H]2c3sc(=O)[nH]c3S[C@H]3C(=O)N(c4cccc(C(F)(F)F)c4)C(=O)[C@@H]23)ccc1OCC(=O)N1CCCCC1. The molecule has 1 N–H and O–H groups in total. The maximum absolute atomic E-state index is 13.9. The van der Waals surface area contributed by atoms with Crippen LogP contribution >= 0.6 is 23.1 Å². The molecular weight excluding hydrogens is 619 g/mol. The van der Waals surface area contributed by atoms with E-state index >= 15 is 0 Å². The van der Waals surface area contributed by atoms with Crippen molar-refractivity contribution < 1.29 is 37.0 Å². The molecule has 3 amide bonds. The Morgan fingerprint density at radius 1 is 1.00 bits per heavy atom. The summed E-state index contributed by atoms with van der Waals surface area (Å²) in [6, 6.07) is 9.10. The lowest BCUT2D eigenvalue weighted by atomic mass is 9.83. The minimum atomic E-state index is -4.66. The smallest absolute Gasteiger partial charge is 0.416 e. The Balaban J connectivity index is 1.34. The van der Waals surface area contributed by atoms with Crippen LogP contribution in [-0.4, -0.2) is 59.2 Å². The standard InChI is InChI=1S/C30H28F3N3O6S2/c1-2-41-20-13-16(9-10-19(20)42-15-21(37)35-11-4-3-5-12-35)22-23-25(43-26-24(22)44-29(40)34-26)28(39)36(27(23)38)18-8-6-7-17(14-18)30(31,32)33/h6-10,13-14,22-23,25H,2-5,11-12,15H2,1H3,(H,34,40)/t22-,23-,25+/m0/s1. The van der Waals surface area contributed by atoms with Crippen LogP contribution in [-0.2, 0) is 20.6 Å². The largest absolute Gasteiger partial charge is 0.490 e.